The summed E-state index contributed by atoms with van der Waals surface area (Å²) in [5.41, 5.74) is -0.612. The number of halogens is 1. The number of aromatic nitrogens is 2. The Bertz CT molecular complexity index is 341. The molecule has 1 rings (SSSR count). The fourth-order valence-electron chi connectivity index (χ4n) is 0.723. The molecule has 70 valence electrons. The van der Waals surface area contributed by atoms with E-state index in [1.54, 1.807) is 14.1 Å². The van der Waals surface area contributed by atoms with Crippen molar-refractivity contribution in [2.75, 3.05) is 19.0 Å². The molecule has 0 aliphatic carbocycles. The smallest absolute Gasteiger partial charge is 0.357 e. The zero-order valence-electron chi connectivity index (χ0n) is 7.15. The summed E-state index contributed by atoms with van der Waals surface area (Å²) in [6.45, 7) is 0. The molecule has 1 aromatic rings. The van der Waals surface area contributed by atoms with Gasteiger partial charge in [0.2, 0.25) is 5.95 Å². The van der Waals surface area contributed by atoms with Crippen molar-refractivity contribution in [2.24, 2.45) is 0 Å². The maximum atomic E-state index is 12.8. The molecule has 1 aromatic heterocycles. The van der Waals surface area contributed by atoms with Crippen LogP contribution in [0.5, 0.6) is 0 Å². The van der Waals surface area contributed by atoms with Gasteiger partial charge in [0.1, 0.15) is 0 Å². The molecule has 5 nitrogen and oxygen atoms in total. The average Bonchev–Trinajstić information content (AvgIpc) is 2.04. The molecule has 1 N–H and O–H groups in total. The van der Waals surface area contributed by atoms with Gasteiger partial charge in [0.15, 0.2) is 11.5 Å². The fraction of sp³-hybridized carbons (Fsp3) is 0.286. The van der Waals surface area contributed by atoms with Gasteiger partial charge in [0, 0.05) is 14.1 Å². The Morgan fingerprint density at radius 2 is 2.23 bits per heavy atom. The predicted octanol–water partition coefficient (Wildman–Crippen LogP) is 0.380. The van der Waals surface area contributed by atoms with Gasteiger partial charge in [-0.1, -0.05) is 0 Å². The Hall–Kier alpha value is -1.72. The molecule has 13 heavy (non-hydrogen) atoms. The Balaban J connectivity index is 3.19. The first kappa shape index (κ1) is 9.37. The Kier molecular flexibility index (Phi) is 2.41. The number of hydrogen-bond donors (Lipinski definition) is 1. The Labute approximate surface area is 73.8 Å². The molecule has 0 radical (unpaired) electrons. The third kappa shape index (κ3) is 1.90. The van der Waals surface area contributed by atoms with Crippen molar-refractivity contribution in [3.8, 4) is 0 Å². The molecule has 0 saturated carbocycles. The largest absolute Gasteiger partial charge is 0.476 e. The van der Waals surface area contributed by atoms with Crippen molar-refractivity contribution in [3.05, 3.63) is 17.7 Å². The molecule has 0 spiro atoms. The summed E-state index contributed by atoms with van der Waals surface area (Å²) in [5, 5.41) is 8.52. The van der Waals surface area contributed by atoms with E-state index in [-0.39, 0.29) is 5.95 Å². The number of aromatic carboxylic acids is 1. The lowest BCUT2D eigenvalue weighted by atomic mass is 10.4. The maximum absolute atomic E-state index is 12.8. The zero-order chi connectivity index (χ0) is 10.0. The summed E-state index contributed by atoms with van der Waals surface area (Å²) in [5.74, 6) is -2.17. The molecule has 0 amide bonds. The highest BCUT2D eigenvalue weighted by atomic mass is 19.1. The van der Waals surface area contributed by atoms with Gasteiger partial charge in [0.05, 0.1) is 6.20 Å². The molecular weight excluding hydrogens is 177 g/mol. The second-order valence-electron chi connectivity index (χ2n) is 2.57. The molecule has 0 aliphatic rings. The Morgan fingerprint density at radius 3 is 2.69 bits per heavy atom. The van der Waals surface area contributed by atoms with Gasteiger partial charge in [-0.2, -0.15) is 0 Å². The van der Waals surface area contributed by atoms with E-state index < -0.39 is 17.5 Å². The van der Waals surface area contributed by atoms with Crippen LogP contribution in [0.25, 0.3) is 0 Å². The van der Waals surface area contributed by atoms with E-state index in [1.165, 1.54) is 4.90 Å². The second kappa shape index (κ2) is 3.34. The second-order valence-corrected chi connectivity index (χ2v) is 2.57. The van der Waals surface area contributed by atoms with Crippen molar-refractivity contribution in [1.82, 2.24) is 9.97 Å². The third-order valence-electron chi connectivity index (χ3n) is 1.33. The molecule has 1 heterocycles. The summed E-state index contributed by atoms with van der Waals surface area (Å²) in [7, 11) is 3.28. The molecule has 0 atom stereocenters. The number of carboxylic acid groups (broad SMARTS) is 1. The highest BCUT2D eigenvalue weighted by Gasteiger charge is 2.14. The van der Waals surface area contributed by atoms with Crippen LogP contribution in [0.1, 0.15) is 10.5 Å². The van der Waals surface area contributed by atoms with Crippen LogP contribution in [0.15, 0.2) is 6.20 Å². The number of hydrogen-bond acceptors (Lipinski definition) is 4. The van der Waals surface area contributed by atoms with E-state index in [0.717, 1.165) is 6.20 Å². The zero-order valence-corrected chi connectivity index (χ0v) is 7.15. The predicted molar refractivity (Wildman–Crippen MR) is 43.3 cm³/mol. The van der Waals surface area contributed by atoms with Gasteiger partial charge in [-0.25, -0.2) is 19.2 Å². The molecule has 0 unspecified atom stereocenters. The third-order valence-corrected chi connectivity index (χ3v) is 1.33. The molecule has 6 heteroatoms. The number of carboxylic acids is 1. The van der Waals surface area contributed by atoms with E-state index in [9.17, 15) is 9.18 Å². The van der Waals surface area contributed by atoms with E-state index in [2.05, 4.69) is 9.97 Å². The van der Waals surface area contributed by atoms with Gasteiger partial charge >= 0.3 is 5.97 Å². The van der Waals surface area contributed by atoms with Crippen molar-refractivity contribution in [1.29, 1.82) is 0 Å². The maximum Gasteiger partial charge on any atom is 0.357 e. The highest BCUT2D eigenvalue weighted by molar-refractivity contribution is 5.85. The first-order valence-corrected chi connectivity index (χ1v) is 3.45. The quantitative estimate of drug-likeness (QED) is 0.721. The number of carbonyl (C=O) groups is 1. The van der Waals surface area contributed by atoms with E-state index in [4.69, 9.17) is 5.11 Å². The lowest BCUT2D eigenvalue weighted by Crippen LogP contribution is -2.16. The van der Waals surface area contributed by atoms with Crippen molar-refractivity contribution in [2.45, 2.75) is 0 Å². The van der Waals surface area contributed by atoms with Crippen LogP contribution in [-0.4, -0.2) is 35.1 Å². The summed E-state index contributed by atoms with van der Waals surface area (Å²) < 4.78 is 12.8. The van der Waals surface area contributed by atoms with Gasteiger partial charge in [-0.05, 0) is 0 Å². The first-order valence-electron chi connectivity index (χ1n) is 3.45. The van der Waals surface area contributed by atoms with Crippen LogP contribution in [-0.2, 0) is 0 Å². The van der Waals surface area contributed by atoms with Crippen LogP contribution in [0.4, 0.5) is 10.3 Å². The van der Waals surface area contributed by atoms with Crippen LogP contribution in [0.2, 0.25) is 0 Å². The van der Waals surface area contributed by atoms with Gasteiger partial charge in [0.25, 0.3) is 0 Å². The molecule has 0 bridgehead atoms. The number of rotatable bonds is 2. The van der Waals surface area contributed by atoms with Crippen molar-refractivity contribution < 1.29 is 14.3 Å². The first-order chi connectivity index (χ1) is 6.02. The Morgan fingerprint density at radius 1 is 1.62 bits per heavy atom. The van der Waals surface area contributed by atoms with Crippen molar-refractivity contribution in [3.63, 3.8) is 0 Å². The summed E-state index contributed by atoms with van der Waals surface area (Å²) in [6.07, 6.45) is 0.839. The van der Waals surface area contributed by atoms with Gasteiger partial charge in [-0.3, -0.25) is 0 Å². The van der Waals surface area contributed by atoms with Crippen LogP contribution in [0.3, 0.4) is 0 Å². The number of nitrogens with zero attached hydrogens (tertiary/aromatic N) is 3. The number of anilines is 1. The minimum absolute atomic E-state index is 0.166. The molecule has 0 aromatic carbocycles. The molecule has 0 aliphatic heterocycles. The van der Waals surface area contributed by atoms with Gasteiger partial charge in [-0.15, -0.1) is 0 Å². The molecule has 0 fully saturated rings. The monoisotopic (exact) mass is 185 g/mol. The normalized spacial score (nSPS) is 9.77. The summed E-state index contributed by atoms with van der Waals surface area (Å²) >= 11 is 0. The summed E-state index contributed by atoms with van der Waals surface area (Å²) in [4.78, 5) is 19.0. The van der Waals surface area contributed by atoms with Crippen LogP contribution >= 0.6 is 0 Å². The van der Waals surface area contributed by atoms with Crippen molar-refractivity contribution >= 4 is 11.9 Å². The van der Waals surface area contributed by atoms with Gasteiger partial charge < -0.3 is 10.0 Å². The van der Waals surface area contributed by atoms with E-state index in [0.29, 0.717) is 0 Å². The fourth-order valence-corrected chi connectivity index (χ4v) is 0.723. The van der Waals surface area contributed by atoms with E-state index in [1.807, 2.05) is 0 Å². The average molecular weight is 185 g/mol. The van der Waals surface area contributed by atoms with Crippen LogP contribution in [0, 0.1) is 5.82 Å². The lowest BCUT2D eigenvalue weighted by molar-refractivity contribution is 0.0684. The SMILES string of the molecule is CN(C)c1ncc(F)c(C(=O)O)n1. The lowest BCUT2D eigenvalue weighted by Gasteiger charge is -2.09. The topological polar surface area (TPSA) is 66.3 Å². The summed E-state index contributed by atoms with van der Waals surface area (Å²) in [6, 6.07) is 0. The van der Waals surface area contributed by atoms with E-state index >= 15 is 0 Å². The minimum Gasteiger partial charge on any atom is -0.476 e. The standard InChI is InChI=1S/C7H8FN3O2/c1-11(2)7-9-3-4(8)5(10-7)6(12)13/h3H,1-2H3,(H,12,13). The molecule has 0 saturated heterocycles. The van der Waals surface area contributed by atoms with Crippen LogP contribution < -0.4 is 4.90 Å². The molecular formula is C7H8FN3O2. The highest BCUT2D eigenvalue weighted by Crippen LogP contribution is 2.07. The minimum atomic E-state index is -1.40.